The van der Waals surface area contributed by atoms with E-state index in [-0.39, 0.29) is 24.5 Å². The Morgan fingerprint density at radius 1 is 1.17 bits per heavy atom. The van der Waals surface area contributed by atoms with Crippen molar-refractivity contribution in [1.82, 2.24) is 0 Å². The van der Waals surface area contributed by atoms with Gasteiger partial charge in [0.1, 0.15) is 0 Å². The molecule has 0 aromatic carbocycles. The lowest BCUT2D eigenvalue weighted by Gasteiger charge is -2.12. The number of rotatable bonds is 11. The van der Waals surface area contributed by atoms with Crippen LogP contribution in [0.15, 0.2) is 36.0 Å². The van der Waals surface area contributed by atoms with Gasteiger partial charge >= 0.3 is 5.97 Å². The number of unbranched alkanes of at least 4 members (excludes halogenated alkanes) is 4. The summed E-state index contributed by atoms with van der Waals surface area (Å²) in [5.74, 6) is -0.894. The molecule has 4 heteroatoms. The fourth-order valence-corrected chi connectivity index (χ4v) is 2.88. The molecule has 1 aliphatic carbocycles. The first-order valence-corrected chi connectivity index (χ1v) is 9.01. The van der Waals surface area contributed by atoms with Gasteiger partial charge in [0.25, 0.3) is 0 Å². The zero-order chi connectivity index (χ0) is 17.8. The highest BCUT2D eigenvalue weighted by atomic mass is 16.4. The summed E-state index contributed by atoms with van der Waals surface area (Å²) < 4.78 is 0. The number of hydrogen-bond donors (Lipinski definition) is 2. The van der Waals surface area contributed by atoms with Crippen molar-refractivity contribution in [2.24, 2.45) is 5.92 Å². The van der Waals surface area contributed by atoms with E-state index in [1.165, 1.54) is 12.8 Å². The van der Waals surface area contributed by atoms with Crippen LogP contribution in [-0.2, 0) is 9.59 Å². The Labute approximate surface area is 145 Å². The van der Waals surface area contributed by atoms with Gasteiger partial charge in [0.15, 0.2) is 5.78 Å². The third kappa shape index (κ3) is 7.73. The molecule has 0 radical (unpaired) electrons. The van der Waals surface area contributed by atoms with Gasteiger partial charge in [0, 0.05) is 24.3 Å². The topological polar surface area (TPSA) is 74.6 Å². The number of carboxylic acid groups (broad SMARTS) is 1. The summed E-state index contributed by atoms with van der Waals surface area (Å²) in [6.07, 6.45) is 16.1. The molecule has 0 spiro atoms. The van der Waals surface area contributed by atoms with E-state index in [4.69, 9.17) is 5.11 Å². The quantitative estimate of drug-likeness (QED) is 0.337. The van der Waals surface area contributed by atoms with Crippen LogP contribution in [0.3, 0.4) is 0 Å². The Morgan fingerprint density at radius 3 is 2.62 bits per heavy atom. The van der Waals surface area contributed by atoms with E-state index in [0.717, 1.165) is 12.8 Å². The van der Waals surface area contributed by atoms with Crippen molar-refractivity contribution in [3.05, 3.63) is 36.0 Å². The highest BCUT2D eigenvalue weighted by Crippen LogP contribution is 2.31. The van der Waals surface area contributed by atoms with Crippen molar-refractivity contribution >= 4 is 11.8 Å². The predicted molar refractivity (Wildman–Crippen MR) is 95.7 cm³/mol. The Kier molecular flexibility index (Phi) is 10.0. The lowest BCUT2D eigenvalue weighted by atomic mass is 9.96. The van der Waals surface area contributed by atoms with Gasteiger partial charge in [0.05, 0.1) is 6.10 Å². The molecule has 2 atom stereocenters. The summed E-state index contributed by atoms with van der Waals surface area (Å²) in [5, 5.41) is 18.7. The Hall–Kier alpha value is -1.68. The SMILES string of the molecule is CCCCC/C=C/C=C1/C(=O)C[C@H](O)[C@@H]1C/C=C/CCCC(=O)O. The minimum atomic E-state index is -0.781. The van der Waals surface area contributed by atoms with Crippen molar-refractivity contribution < 1.29 is 19.8 Å². The van der Waals surface area contributed by atoms with Crippen LogP contribution in [0.25, 0.3) is 0 Å². The predicted octanol–water partition coefficient (Wildman–Crippen LogP) is 4.20. The maximum Gasteiger partial charge on any atom is 0.303 e. The smallest absolute Gasteiger partial charge is 0.303 e. The number of carbonyl (C=O) groups is 2. The van der Waals surface area contributed by atoms with Gasteiger partial charge in [-0.2, -0.15) is 0 Å². The van der Waals surface area contributed by atoms with E-state index in [0.29, 0.717) is 24.8 Å². The van der Waals surface area contributed by atoms with Crippen LogP contribution in [0.5, 0.6) is 0 Å². The van der Waals surface area contributed by atoms with Crippen LogP contribution in [0.4, 0.5) is 0 Å². The van der Waals surface area contributed by atoms with E-state index in [1.807, 2.05) is 24.3 Å². The fourth-order valence-electron chi connectivity index (χ4n) is 2.88. The van der Waals surface area contributed by atoms with Crippen LogP contribution in [-0.4, -0.2) is 28.1 Å². The van der Waals surface area contributed by atoms with Crippen LogP contribution >= 0.6 is 0 Å². The lowest BCUT2D eigenvalue weighted by Crippen LogP contribution is -2.13. The number of carboxylic acids is 1. The zero-order valence-corrected chi connectivity index (χ0v) is 14.6. The van der Waals surface area contributed by atoms with E-state index in [9.17, 15) is 14.7 Å². The summed E-state index contributed by atoms with van der Waals surface area (Å²) in [5.41, 5.74) is 0.712. The summed E-state index contributed by atoms with van der Waals surface area (Å²) in [4.78, 5) is 22.5. The molecule has 1 aliphatic rings. The largest absolute Gasteiger partial charge is 0.481 e. The molecule has 1 rings (SSSR count). The monoisotopic (exact) mass is 334 g/mol. The maximum absolute atomic E-state index is 12.0. The van der Waals surface area contributed by atoms with Crippen LogP contribution in [0.1, 0.15) is 64.7 Å². The average molecular weight is 334 g/mol. The number of aliphatic carboxylic acids is 1. The van der Waals surface area contributed by atoms with Gasteiger partial charge in [-0.15, -0.1) is 0 Å². The molecule has 0 aromatic heterocycles. The van der Waals surface area contributed by atoms with Crippen molar-refractivity contribution in [3.63, 3.8) is 0 Å². The average Bonchev–Trinajstić information content (AvgIpc) is 2.80. The van der Waals surface area contributed by atoms with Crippen LogP contribution in [0.2, 0.25) is 0 Å². The normalized spacial score (nSPS) is 23.1. The van der Waals surface area contributed by atoms with Gasteiger partial charge in [-0.3, -0.25) is 9.59 Å². The number of allylic oxidation sites excluding steroid dienone is 5. The van der Waals surface area contributed by atoms with Crippen molar-refractivity contribution in [1.29, 1.82) is 0 Å². The first kappa shape index (κ1) is 20.4. The summed E-state index contributed by atoms with van der Waals surface area (Å²) in [6.45, 7) is 2.17. The minimum Gasteiger partial charge on any atom is -0.481 e. The Morgan fingerprint density at radius 2 is 1.92 bits per heavy atom. The number of ketones is 1. The molecular weight excluding hydrogens is 304 g/mol. The Bertz CT molecular complexity index is 488. The molecule has 0 aliphatic heterocycles. The summed E-state index contributed by atoms with van der Waals surface area (Å²) >= 11 is 0. The number of aliphatic hydroxyl groups excluding tert-OH is 1. The number of carbonyl (C=O) groups excluding carboxylic acids is 1. The van der Waals surface area contributed by atoms with E-state index in [1.54, 1.807) is 0 Å². The molecule has 0 amide bonds. The number of aliphatic hydroxyl groups is 1. The van der Waals surface area contributed by atoms with E-state index >= 15 is 0 Å². The standard InChI is InChI=1S/C20H30O4/c1-2-3-4-5-6-9-12-16-17(19(22)15-18(16)21)13-10-7-8-11-14-20(23)24/h6-7,9-10,12,17,19,22H,2-5,8,11,13-15H2,1H3,(H,23,24)/b9-6+,10-7+,16-12+/t17-,19+/m1/s1. The van der Waals surface area contributed by atoms with Gasteiger partial charge in [0.2, 0.25) is 0 Å². The first-order valence-electron chi connectivity index (χ1n) is 9.01. The van der Waals surface area contributed by atoms with Gasteiger partial charge < -0.3 is 10.2 Å². The first-order chi connectivity index (χ1) is 11.6. The van der Waals surface area contributed by atoms with Gasteiger partial charge in [-0.1, -0.05) is 50.1 Å². The lowest BCUT2D eigenvalue weighted by molar-refractivity contribution is -0.137. The fraction of sp³-hybridized carbons (Fsp3) is 0.600. The van der Waals surface area contributed by atoms with Crippen molar-refractivity contribution in [2.75, 3.05) is 0 Å². The molecule has 0 bridgehead atoms. The number of hydrogen-bond acceptors (Lipinski definition) is 3. The molecule has 1 saturated carbocycles. The molecule has 134 valence electrons. The molecule has 2 N–H and O–H groups in total. The molecule has 1 fully saturated rings. The molecular formula is C20H30O4. The van der Waals surface area contributed by atoms with Crippen LogP contribution < -0.4 is 0 Å². The van der Waals surface area contributed by atoms with Crippen LogP contribution in [0, 0.1) is 5.92 Å². The second-order valence-electron chi connectivity index (χ2n) is 6.34. The van der Waals surface area contributed by atoms with E-state index < -0.39 is 12.1 Å². The molecule has 0 heterocycles. The molecule has 4 nitrogen and oxygen atoms in total. The molecule has 0 aromatic rings. The maximum atomic E-state index is 12.0. The Balaban J connectivity index is 2.48. The van der Waals surface area contributed by atoms with Crippen molar-refractivity contribution in [3.8, 4) is 0 Å². The van der Waals surface area contributed by atoms with E-state index in [2.05, 4.69) is 13.0 Å². The van der Waals surface area contributed by atoms with Crippen molar-refractivity contribution in [2.45, 2.75) is 70.8 Å². The summed E-state index contributed by atoms with van der Waals surface area (Å²) in [6, 6.07) is 0. The highest BCUT2D eigenvalue weighted by Gasteiger charge is 2.35. The minimum absolute atomic E-state index is 0.0324. The third-order valence-electron chi connectivity index (χ3n) is 4.28. The second kappa shape index (κ2) is 11.8. The molecule has 24 heavy (non-hydrogen) atoms. The zero-order valence-electron chi connectivity index (χ0n) is 14.6. The molecule has 0 unspecified atom stereocenters. The van der Waals surface area contributed by atoms with Gasteiger partial charge in [-0.05, 0) is 32.1 Å². The molecule has 0 saturated heterocycles. The third-order valence-corrected chi connectivity index (χ3v) is 4.28. The highest BCUT2D eigenvalue weighted by molar-refractivity contribution is 5.99. The summed E-state index contributed by atoms with van der Waals surface area (Å²) in [7, 11) is 0. The second-order valence-corrected chi connectivity index (χ2v) is 6.34. The van der Waals surface area contributed by atoms with Gasteiger partial charge in [-0.25, -0.2) is 0 Å². The number of Topliss-reactive ketones (excluding diaryl/α,β-unsaturated/α-hetero) is 1.